The van der Waals surface area contributed by atoms with E-state index in [4.69, 9.17) is 0 Å². The molecule has 2 aromatic rings. The van der Waals surface area contributed by atoms with E-state index in [0.29, 0.717) is 5.82 Å². The quantitative estimate of drug-likeness (QED) is 0.688. The number of aromatic nitrogens is 2. The van der Waals surface area contributed by atoms with E-state index in [0.717, 1.165) is 16.6 Å². The first-order chi connectivity index (χ1) is 5.79. The molecule has 1 aromatic heterocycles. The Balaban J connectivity index is 2.67. The number of halogens is 1. The van der Waals surface area contributed by atoms with Gasteiger partial charge in [-0.05, 0) is 24.6 Å². The Morgan fingerprint density at radius 3 is 3.08 bits per heavy atom. The maximum atomic E-state index is 12.2. The zero-order chi connectivity index (χ0) is 8.55. The normalized spacial score (nSPS) is 10.8. The smallest absolute Gasteiger partial charge is 0.147 e. The number of rotatable bonds is 1. The highest BCUT2D eigenvalue weighted by molar-refractivity contribution is 5.75. The summed E-state index contributed by atoms with van der Waals surface area (Å²) in [4.78, 5) is 6.94. The minimum absolute atomic E-state index is 0.399. The average Bonchev–Trinajstić information content (AvgIpc) is 2.46. The van der Waals surface area contributed by atoms with Gasteiger partial charge in [-0.15, -0.1) is 0 Å². The lowest BCUT2D eigenvalue weighted by molar-refractivity contribution is 0.469. The molecule has 0 saturated heterocycles. The first-order valence-corrected chi connectivity index (χ1v) is 3.81. The molecule has 0 radical (unpaired) electrons. The zero-order valence-corrected chi connectivity index (χ0v) is 6.76. The van der Waals surface area contributed by atoms with Crippen molar-refractivity contribution in [3.63, 3.8) is 0 Å². The molecule has 0 bridgehead atoms. The average molecular weight is 164 g/mol. The standard InChI is InChI=1S/C9H9FN2/c1-6-2-3-7-8(4-6)12-9(5-10)11-7/h2-4H,5H2,1H3,(H,11,12). The van der Waals surface area contributed by atoms with E-state index in [2.05, 4.69) is 9.97 Å². The van der Waals surface area contributed by atoms with Crippen LogP contribution in [0.25, 0.3) is 11.0 Å². The van der Waals surface area contributed by atoms with Gasteiger partial charge in [0.05, 0.1) is 11.0 Å². The molecular weight excluding hydrogens is 155 g/mol. The van der Waals surface area contributed by atoms with Crippen molar-refractivity contribution in [3.8, 4) is 0 Å². The van der Waals surface area contributed by atoms with Crippen molar-refractivity contribution in [1.29, 1.82) is 0 Å². The van der Waals surface area contributed by atoms with Crippen molar-refractivity contribution in [2.75, 3.05) is 0 Å². The molecule has 0 unspecified atom stereocenters. The van der Waals surface area contributed by atoms with Gasteiger partial charge < -0.3 is 4.98 Å². The Hall–Kier alpha value is -1.38. The second-order valence-corrected chi connectivity index (χ2v) is 2.84. The predicted octanol–water partition coefficient (Wildman–Crippen LogP) is 2.34. The van der Waals surface area contributed by atoms with Gasteiger partial charge in [-0.3, -0.25) is 0 Å². The van der Waals surface area contributed by atoms with E-state index in [1.807, 2.05) is 25.1 Å². The fourth-order valence-corrected chi connectivity index (χ4v) is 1.24. The van der Waals surface area contributed by atoms with Gasteiger partial charge in [0.2, 0.25) is 0 Å². The summed E-state index contributed by atoms with van der Waals surface area (Å²) in [5, 5.41) is 0. The van der Waals surface area contributed by atoms with Crippen LogP contribution in [0.3, 0.4) is 0 Å². The van der Waals surface area contributed by atoms with Gasteiger partial charge in [0.25, 0.3) is 0 Å². The predicted molar refractivity (Wildman–Crippen MR) is 45.6 cm³/mol. The van der Waals surface area contributed by atoms with E-state index >= 15 is 0 Å². The number of aromatic amines is 1. The molecule has 1 heterocycles. The number of hydrogen-bond donors (Lipinski definition) is 1. The molecule has 2 rings (SSSR count). The molecule has 0 fully saturated rings. The monoisotopic (exact) mass is 164 g/mol. The minimum Gasteiger partial charge on any atom is -0.340 e. The fraction of sp³-hybridized carbons (Fsp3) is 0.222. The van der Waals surface area contributed by atoms with Crippen LogP contribution in [0.2, 0.25) is 0 Å². The zero-order valence-electron chi connectivity index (χ0n) is 6.76. The molecule has 2 nitrogen and oxygen atoms in total. The topological polar surface area (TPSA) is 28.7 Å². The van der Waals surface area contributed by atoms with Gasteiger partial charge in [0, 0.05) is 0 Å². The first kappa shape index (κ1) is 7.28. The van der Waals surface area contributed by atoms with Crippen LogP contribution in [0, 0.1) is 6.92 Å². The molecule has 0 amide bonds. The second kappa shape index (κ2) is 2.59. The Kier molecular flexibility index (Phi) is 1.57. The lowest BCUT2D eigenvalue weighted by Gasteiger charge is -1.89. The summed E-state index contributed by atoms with van der Waals surface area (Å²) in [7, 11) is 0. The number of nitrogens with zero attached hydrogens (tertiary/aromatic N) is 1. The number of benzene rings is 1. The van der Waals surface area contributed by atoms with Gasteiger partial charge in [0.15, 0.2) is 0 Å². The summed E-state index contributed by atoms with van der Waals surface area (Å²) in [6.07, 6.45) is 0. The third kappa shape index (κ3) is 1.07. The number of nitrogens with one attached hydrogen (secondary N) is 1. The van der Waals surface area contributed by atoms with Crippen LogP contribution in [-0.2, 0) is 6.67 Å². The largest absolute Gasteiger partial charge is 0.340 e. The molecule has 3 heteroatoms. The van der Waals surface area contributed by atoms with Crippen LogP contribution < -0.4 is 0 Å². The molecule has 62 valence electrons. The highest BCUT2D eigenvalue weighted by Crippen LogP contribution is 2.13. The van der Waals surface area contributed by atoms with E-state index in [9.17, 15) is 4.39 Å². The van der Waals surface area contributed by atoms with E-state index in [1.54, 1.807) is 0 Å². The van der Waals surface area contributed by atoms with Gasteiger partial charge in [-0.2, -0.15) is 0 Å². The Morgan fingerprint density at radius 1 is 1.50 bits per heavy atom. The summed E-state index contributed by atoms with van der Waals surface area (Å²) < 4.78 is 12.2. The van der Waals surface area contributed by atoms with Crippen LogP contribution >= 0.6 is 0 Å². The van der Waals surface area contributed by atoms with Gasteiger partial charge in [0.1, 0.15) is 12.5 Å². The first-order valence-electron chi connectivity index (χ1n) is 3.81. The molecule has 1 aromatic carbocycles. The summed E-state index contributed by atoms with van der Waals surface area (Å²) >= 11 is 0. The highest BCUT2D eigenvalue weighted by Gasteiger charge is 2.00. The third-order valence-electron chi connectivity index (χ3n) is 1.81. The van der Waals surface area contributed by atoms with E-state index in [1.165, 1.54) is 0 Å². The third-order valence-corrected chi connectivity index (χ3v) is 1.81. The van der Waals surface area contributed by atoms with Gasteiger partial charge in [-0.25, -0.2) is 9.37 Å². The van der Waals surface area contributed by atoms with Crippen molar-refractivity contribution >= 4 is 11.0 Å². The maximum absolute atomic E-state index is 12.2. The van der Waals surface area contributed by atoms with E-state index < -0.39 is 6.67 Å². The van der Waals surface area contributed by atoms with Crippen molar-refractivity contribution in [1.82, 2.24) is 9.97 Å². The second-order valence-electron chi connectivity index (χ2n) is 2.84. The number of imidazole rings is 1. The van der Waals surface area contributed by atoms with Crippen molar-refractivity contribution < 1.29 is 4.39 Å². The van der Waals surface area contributed by atoms with Crippen LogP contribution in [0.15, 0.2) is 18.2 Å². The summed E-state index contributed by atoms with van der Waals surface area (Å²) in [6, 6.07) is 5.81. The number of fused-ring (bicyclic) bond motifs is 1. The molecule has 0 aliphatic rings. The Bertz CT molecular complexity index is 406. The van der Waals surface area contributed by atoms with Crippen LogP contribution in [-0.4, -0.2) is 9.97 Å². The molecule has 1 N–H and O–H groups in total. The number of H-pyrrole nitrogens is 1. The SMILES string of the molecule is Cc1ccc2nc(CF)[nH]c2c1. The van der Waals surface area contributed by atoms with Crippen molar-refractivity contribution in [2.24, 2.45) is 0 Å². The van der Waals surface area contributed by atoms with Gasteiger partial charge >= 0.3 is 0 Å². The lowest BCUT2D eigenvalue weighted by Crippen LogP contribution is -1.78. The molecular formula is C9H9FN2. The van der Waals surface area contributed by atoms with Crippen molar-refractivity contribution in [2.45, 2.75) is 13.6 Å². The van der Waals surface area contributed by atoms with E-state index in [-0.39, 0.29) is 0 Å². The Labute approximate surface area is 69.4 Å². The number of aryl methyl sites for hydroxylation is 1. The van der Waals surface area contributed by atoms with Crippen molar-refractivity contribution in [3.05, 3.63) is 29.6 Å². The van der Waals surface area contributed by atoms with Crippen LogP contribution in [0.4, 0.5) is 4.39 Å². The summed E-state index contributed by atoms with van der Waals surface area (Å²) in [6.45, 7) is 1.46. The molecule has 0 atom stereocenters. The van der Waals surface area contributed by atoms with Crippen LogP contribution in [0.1, 0.15) is 11.4 Å². The number of hydrogen-bond acceptors (Lipinski definition) is 1. The van der Waals surface area contributed by atoms with Crippen LogP contribution in [0.5, 0.6) is 0 Å². The maximum Gasteiger partial charge on any atom is 0.147 e. The molecule has 0 aliphatic heterocycles. The molecule has 12 heavy (non-hydrogen) atoms. The summed E-state index contributed by atoms with van der Waals surface area (Å²) in [5.41, 5.74) is 2.88. The molecule has 0 aliphatic carbocycles. The molecule has 0 spiro atoms. The fourth-order valence-electron chi connectivity index (χ4n) is 1.24. The minimum atomic E-state index is -0.534. The molecule has 0 saturated carbocycles. The number of alkyl halides is 1. The highest BCUT2D eigenvalue weighted by atomic mass is 19.1. The summed E-state index contributed by atoms with van der Waals surface area (Å²) in [5.74, 6) is 0.399. The van der Waals surface area contributed by atoms with Gasteiger partial charge in [-0.1, -0.05) is 6.07 Å². The lowest BCUT2D eigenvalue weighted by atomic mass is 10.2. The Morgan fingerprint density at radius 2 is 2.33 bits per heavy atom.